The molecule has 1 unspecified atom stereocenters. The Kier molecular flexibility index (Phi) is 2.50. The quantitative estimate of drug-likeness (QED) is 0.731. The van der Waals surface area contributed by atoms with Crippen molar-refractivity contribution < 1.29 is 4.79 Å². The highest BCUT2D eigenvalue weighted by atomic mass is 32.1. The first-order valence-electron chi connectivity index (χ1n) is 4.60. The first-order valence-corrected chi connectivity index (χ1v) is 5.24. The smallest absolute Gasteiger partial charge is 0.227 e. The normalized spacial score (nSPS) is 22.0. The molecule has 76 valence electrons. The van der Waals surface area contributed by atoms with E-state index in [0.717, 1.165) is 18.0 Å². The van der Waals surface area contributed by atoms with E-state index in [0.29, 0.717) is 12.3 Å². The lowest BCUT2D eigenvalue weighted by atomic mass is 10.1. The molecule has 0 radical (unpaired) electrons. The maximum Gasteiger partial charge on any atom is 0.227 e. The molecule has 2 rings (SSSR count). The Labute approximate surface area is 88.3 Å². The van der Waals surface area contributed by atoms with Crippen LogP contribution in [0.1, 0.15) is 6.42 Å². The Bertz CT molecular complexity index is 350. The molecule has 4 nitrogen and oxygen atoms in total. The van der Waals surface area contributed by atoms with Gasteiger partial charge in [0.15, 0.2) is 0 Å². The molecular weight excluding hydrogens is 198 g/mol. The minimum Gasteiger partial charge on any atom is -0.309 e. The molecule has 0 bridgehead atoms. The van der Waals surface area contributed by atoms with Gasteiger partial charge in [-0.1, -0.05) is 0 Å². The van der Waals surface area contributed by atoms with Crippen molar-refractivity contribution in [3.8, 4) is 0 Å². The minimum absolute atomic E-state index is 0.178. The molecule has 5 heteroatoms. The number of hydrogen-bond donors (Lipinski definition) is 1. The van der Waals surface area contributed by atoms with Gasteiger partial charge >= 0.3 is 0 Å². The van der Waals surface area contributed by atoms with Crippen molar-refractivity contribution in [2.45, 2.75) is 6.42 Å². The lowest BCUT2D eigenvalue weighted by Gasteiger charge is -2.13. The van der Waals surface area contributed by atoms with E-state index < -0.39 is 0 Å². The molecule has 2 heterocycles. The summed E-state index contributed by atoms with van der Waals surface area (Å²) in [5.74, 6) is 1.32. The average Bonchev–Trinajstić information content (AvgIpc) is 2.71. The highest BCUT2D eigenvalue weighted by Gasteiger charge is 2.30. The second-order valence-corrected chi connectivity index (χ2v) is 3.99. The van der Waals surface area contributed by atoms with Gasteiger partial charge in [-0.05, 0) is 11.7 Å². The van der Waals surface area contributed by atoms with Crippen LogP contribution in [0.3, 0.4) is 0 Å². The van der Waals surface area contributed by atoms with E-state index >= 15 is 0 Å². The van der Waals surface area contributed by atoms with E-state index in [1.165, 1.54) is 0 Å². The van der Waals surface area contributed by atoms with Crippen LogP contribution in [0.4, 0.5) is 5.69 Å². The van der Waals surface area contributed by atoms with Crippen LogP contribution < -0.4 is 4.90 Å². The van der Waals surface area contributed by atoms with Crippen LogP contribution in [-0.2, 0) is 11.8 Å². The molecule has 1 aromatic rings. The molecule has 14 heavy (non-hydrogen) atoms. The number of nitrogens with zero attached hydrogens (tertiary/aromatic N) is 3. The van der Waals surface area contributed by atoms with Crippen LogP contribution in [0, 0.1) is 5.92 Å². The van der Waals surface area contributed by atoms with Gasteiger partial charge < -0.3 is 4.90 Å². The lowest BCUT2D eigenvalue weighted by molar-refractivity contribution is -0.117. The van der Waals surface area contributed by atoms with Gasteiger partial charge in [0, 0.05) is 26.2 Å². The third-order valence-corrected chi connectivity index (χ3v) is 2.98. The summed E-state index contributed by atoms with van der Waals surface area (Å²) in [6.07, 6.45) is 4.19. The first kappa shape index (κ1) is 9.58. The summed E-state index contributed by atoms with van der Waals surface area (Å²) in [5, 5.41) is 4.05. The van der Waals surface area contributed by atoms with Gasteiger partial charge in [-0.15, -0.1) is 0 Å². The predicted octanol–water partition coefficient (Wildman–Crippen LogP) is 0.703. The van der Waals surface area contributed by atoms with Crippen molar-refractivity contribution >= 4 is 24.2 Å². The van der Waals surface area contributed by atoms with Crippen LogP contribution in [-0.4, -0.2) is 28.0 Å². The second kappa shape index (κ2) is 3.65. The molecule has 1 aromatic heterocycles. The number of aromatic nitrogens is 2. The summed E-state index contributed by atoms with van der Waals surface area (Å²) in [6.45, 7) is 0.772. The van der Waals surface area contributed by atoms with Crippen LogP contribution in [0.25, 0.3) is 0 Å². The average molecular weight is 211 g/mol. The van der Waals surface area contributed by atoms with Crippen molar-refractivity contribution in [1.82, 2.24) is 9.78 Å². The van der Waals surface area contributed by atoms with E-state index in [-0.39, 0.29) is 5.91 Å². The molecule has 1 fully saturated rings. The monoisotopic (exact) mass is 211 g/mol. The third kappa shape index (κ3) is 1.64. The molecule has 1 aliphatic heterocycles. The molecular formula is C9H13N3OS. The second-order valence-electron chi connectivity index (χ2n) is 3.63. The van der Waals surface area contributed by atoms with Gasteiger partial charge in [-0.25, -0.2) is 0 Å². The number of anilines is 1. The Hall–Kier alpha value is -0.970. The van der Waals surface area contributed by atoms with Crippen molar-refractivity contribution in [1.29, 1.82) is 0 Å². The number of aryl methyl sites for hydroxylation is 1. The molecule has 0 spiro atoms. The fraction of sp³-hybridized carbons (Fsp3) is 0.556. The van der Waals surface area contributed by atoms with Gasteiger partial charge in [0.25, 0.3) is 0 Å². The maximum absolute atomic E-state index is 11.6. The van der Waals surface area contributed by atoms with E-state index in [1.807, 2.05) is 13.2 Å². The van der Waals surface area contributed by atoms with E-state index in [2.05, 4.69) is 17.7 Å². The van der Waals surface area contributed by atoms with E-state index in [9.17, 15) is 4.79 Å². The first-order chi connectivity index (χ1) is 6.70. The van der Waals surface area contributed by atoms with Gasteiger partial charge in [-0.3, -0.25) is 9.48 Å². The highest BCUT2D eigenvalue weighted by molar-refractivity contribution is 7.80. The molecule has 1 atom stereocenters. The fourth-order valence-electron chi connectivity index (χ4n) is 1.70. The van der Waals surface area contributed by atoms with Gasteiger partial charge in [0.1, 0.15) is 0 Å². The van der Waals surface area contributed by atoms with Crippen molar-refractivity contribution in [3.63, 3.8) is 0 Å². The molecule has 0 aliphatic carbocycles. The summed E-state index contributed by atoms with van der Waals surface area (Å²) >= 11 is 4.21. The molecule has 1 saturated heterocycles. The zero-order valence-electron chi connectivity index (χ0n) is 8.05. The van der Waals surface area contributed by atoms with E-state index in [1.54, 1.807) is 15.8 Å². The largest absolute Gasteiger partial charge is 0.309 e. The summed E-state index contributed by atoms with van der Waals surface area (Å²) in [4.78, 5) is 13.4. The Morgan fingerprint density at radius 3 is 3.00 bits per heavy atom. The molecule has 1 amide bonds. The number of carbonyl (C=O) groups excluding carboxylic acids is 1. The van der Waals surface area contributed by atoms with Crippen LogP contribution in [0.15, 0.2) is 12.4 Å². The Balaban J connectivity index is 2.16. The zero-order chi connectivity index (χ0) is 10.1. The van der Waals surface area contributed by atoms with Crippen LogP contribution in [0.5, 0.6) is 0 Å². The maximum atomic E-state index is 11.6. The standard InChI is InChI=1S/C9H13N3OS/c1-11-5-8(3-10-11)12-4-7(6-14)2-9(12)13/h3,5,7,14H,2,4,6H2,1H3. The third-order valence-electron chi connectivity index (χ3n) is 2.47. The fourth-order valence-corrected chi connectivity index (χ4v) is 1.95. The van der Waals surface area contributed by atoms with Gasteiger partial charge in [0.05, 0.1) is 11.9 Å². The number of thiol groups is 1. The minimum atomic E-state index is 0.178. The van der Waals surface area contributed by atoms with Crippen molar-refractivity contribution in [3.05, 3.63) is 12.4 Å². The number of hydrogen-bond acceptors (Lipinski definition) is 3. The van der Waals surface area contributed by atoms with Gasteiger partial charge in [0.2, 0.25) is 5.91 Å². The van der Waals surface area contributed by atoms with E-state index in [4.69, 9.17) is 0 Å². The molecule has 1 aliphatic rings. The summed E-state index contributed by atoms with van der Waals surface area (Å²) in [6, 6.07) is 0. The molecule has 0 saturated carbocycles. The van der Waals surface area contributed by atoms with Crippen LogP contribution >= 0.6 is 12.6 Å². The summed E-state index contributed by atoms with van der Waals surface area (Å²) in [7, 11) is 1.85. The van der Waals surface area contributed by atoms with Crippen molar-refractivity contribution in [2.75, 3.05) is 17.2 Å². The SMILES string of the molecule is Cn1cc(N2CC(CS)CC2=O)cn1. The van der Waals surface area contributed by atoms with Crippen molar-refractivity contribution in [2.24, 2.45) is 13.0 Å². The lowest BCUT2D eigenvalue weighted by Crippen LogP contribution is -2.24. The topological polar surface area (TPSA) is 38.1 Å². The summed E-state index contributed by atoms with van der Waals surface area (Å²) in [5.41, 5.74) is 0.891. The highest BCUT2D eigenvalue weighted by Crippen LogP contribution is 2.24. The number of rotatable bonds is 2. The van der Waals surface area contributed by atoms with Gasteiger partial charge in [-0.2, -0.15) is 17.7 Å². The number of carbonyl (C=O) groups is 1. The van der Waals surface area contributed by atoms with Crippen LogP contribution in [0.2, 0.25) is 0 Å². The Morgan fingerprint density at radius 1 is 1.71 bits per heavy atom. The molecule has 0 aromatic carbocycles. The molecule has 0 N–H and O–H groups in total. The Morgan fingerprint density at radius 2 is 2.50 bits per heavy atom. The summed E-state index contributed by atoms with van der Waals surface area (Å²) < 4.78 is 1.70. The predicted molar refractivity (Wildman–Crippen MR) is 57.5 cm³/mol. The zero-order valence-corrected chi connectivity index (χ0v) is 8.94. The number of amides is 1.